The van der Waals surface area contributed by atoms with E-state index in [-0.39, 0.29) is 22.2 Å². The summed E-state index contributed by atoms with van der Waals surface area (Å²) >= 11 is 0. The van der Waals surface area contributed by atoms with Crippen molar-refractivity contribution in [3.63, 3.8) is 0 Å². The number of hydrogen-bond acceptors (Lipinski definition) is 6. The molecule has 0 spiro atoms. The Morgan fingerprint density at radius 2 is 1.71 bits per heavy atom. The fraction of sp³-hybridized carbons (Fsp3) is 0.333. The molecule has 1 amide bonds. The zero-order valence-electron chi connectivity index (χ0n) is 17.4. The first-order chi connectivity index (χ1) is 14.7. The molecule has 31 heavy (non-hydrogen) atoms. The topological polar surface area (TPSA) is 116 Å². The highest BCUT2D eigenvalue weighted by Gasteiger charge is 2.24. The van der Waals surface area contributed by atoms with E-state index < -0.39 is 16.0 Å². The second-order valence-corrected chi connectivity index (χ2v) is 8.81. The Balaban J connectivity index is 1.78. The van der Waals surface area contributed by atoms with Gasteiger partial charge in [0.2, 0.25) is 0 Å². The van der Waals surface area contributed by atoms with Crippen molar-refractivity contribution >= 4 is 33.5 Å². The molecule has 2 N–H and O–H groups in total. The fourth-order valence-corrected chi connectivity index (χ4v) is 4.36. The van der Waals surface area contributed by atoms with E-state index in [0.29, 0.717) is 38.5 Å². The number of aryl methyl sites for hydroxylation is 1. The summed E-state index contributed by atoms with van der Waals surface area (Å²) in [5.74, 6) is -1.24. The Hall–Kier alpha value is -3.27. The quantitative estimate of drug-likeness (QED) is 0.699. The number of sulfonamides is 1. The Labute approximate surface area is 181 Å². The number of ether oxygens (including phenoxy) is 1. The minimum Gasteiger partial charge on any atom is -0.478 e. The Morgan fingerprint density at radius 3 is 2.29 bits per heavy atom. The largest absolute Gasteiger partial charge is 0.478 e. The zero-order valence-corrected chi connectivity index (χ0v) is 18.2. The van der Waals surface area contributed by atoms with Crippen LogP contribution in [0.1, 0.15) is 22.8 Å². The van der Waals surface area contributed by atoms with Crippen molar-refractivity contribution in [3.05, 3.63) is 53.6 Å². The predicted molar refractivity (Wildman–Crippen MR) is 116 cm³/mol. The maximum Gasteiger partial charge on any atom is 0.409 e. The zero-order chi connectivity index (χ0) is 22.6. The number of rotatable bonds is 6. The highest BCUT2D eigenvalue weighted by molar-refractivity contribution is 7.92. The fourth-order valence-electron chi connectivity index (χ4n) is 3.28. The maximum atomic E-state index is 12.7. The minimum absolute atomic E-state index is 0.0121. The number of nitrogens with zero attached hydrogens (tertiary/aromatic N) is 2. The molecule has 1 saturated heterocycles. The van der Waals surface area contributed by atoms with Crippen LogP contribution in [0.2, 0.25) is 0 Å². The van der Waals surface area contributed by atoms with Gasteiger partial charge >= 0.3 is 12.1 Å². The SMILES string of the molecule is CCOC(=O)N1CCN(c2ccc(NS(=O)(=O)c3ccc(C)cc3)c(C(=O)O)c2)CC1. The molecule has 2 aromatic carbocycles. The lowest BCUT2D eigenvalue weighted by molar-refractivity contribution is 0.0698. The summed E-state index contributed by atoms with van der Waals surface area (Å²) in [5, 5.41) is 9.64. The summed E-state index contributed by atoms with van der Waals surface area (Å²) in [6.45, 7) is 5.81. The van der Waals surface area contributed by atoms with E-state index in [1.165, 1.54) is 24.3 Å². The van der Waals surface area contributed by atoms with Gasteiger partial charge in [0, 0.05) is 31.9 Å². The van der Waals surface area contributed by atoms with Crippen LogP contribution in [0, 0.1) is 6.92 Å². The van der Waals surface area contributed by atoms with Crippen molar-refractivity contribution < 1.29 is 27.9 Å². The van der Waals surface area contributed by atoms with Crippen LogP contribution in [0.3, 0.4) is 0 Å². The first kappa shape index (κ1) is 22.4. The molecule has 1 aliphatic rings. The lowest BCUT2D eigenvalue weighted by atomic mass is 10.1. The summed E-state index contributed by atoms with van der Waals surface area (Å²) in [6, 6.07) is 10.8. The molecule has 0 bridgehead atoms. The van der Waals surface area contributed by atoms with Gasteiger partial charge in [0.25, 0.3) is 10.0 Å². The van der Waals surface area contributed by atoms with Gasteiger partial charge in [0.15, 0.2) is 0 Å². The van der Waals surface area contributed by atoms with Gasteiger partial charge < -0.3 is 19.6 Å². The van der Waals surface area contributed by atoms with Crippen LogP contribution in [0.25, 0.3) is 0 Å². The molecule has 1 fully saturated rings. The molecule has 0 radical (unpaired) electrons. The van der Waals surface area contributed by atoms with E-state index in [4.69, 9.17) is 4.74 Å². The van der Waals surface area contributed by atoms with Crippen LogP contribution in [-0.2, 0) is 14.8 Å². The molecule has 0 saturated carbocycles. The van der Waals surface area contributed by atoms with Crippen LogP contribution in [0.5, 0.6) is 0 Å². The third-order valence-corrected chi connectivity index (χ3v) is 6.36. The molecule has 1 aliphatic heterocycles. The van der Waals surface area contributed by atoms with Crippen LogP contribution < -0.4 is 9.62 Å². The number of benzene rings is 2. The van der Waals surface area contributed by atoms with Gasteiger partial charge in [-0.3, -0.25) is 4.72 Å². The summed E-state index contributed by atoms with van der Waals surface area (Å²) in [7, 11) is -3.93. The second-order valence-electron chi connectivity index (χ2n) is 7.13. The highest BCUT2D eigenvalue weighted by atomic mass is 32.2. The molecule has 0 unspecified atom stereocenters. The van der Waals surface area contributed by atoms with Crippen LogP contribution in [0.4, 0.5) is 16.2 Å². The average molecular weight is 448 g/mol. The van der Waals surface area contributed by atoms with E-state index in [2.05, 4.69) is 4.72 Å². The van der Waals surface area contributed by atoms with Gasteiger partial charge in [-0.1, -0.05) is 17.7 Å². The predicted octanol–water partition coefficient (Wildman–Crippen LogP) is 2.77. The standard InChI is InChI=1S/C21H25N3O6S/c1-3-30-21(27)24-12-10-23(11-13-24)16-6-9-19(18(14-16)20(25)26)22-31(28,29)17-7-4-15(2)5-8-17/h4-9,14,22H,3,10-13H2,1-2H3,(H,25,26). The maximum absolute atomic E-state index is 12.7. The van der Waals surface area contributed by atoms with Gasteiger partial charge in [-0.05, 0) is 44.2 Å². The molecular formula is C21H25N3O6S. The third kappa shape index (κ3) is 5.26. The molecule has 0 aromatic heterocycles. The van der Waals surface area contributed by atoms with Gasteiger partial charge in [-0.15, -0.1) is 0 Å². The number of carboxylic acids is 1. The summed E-state index contributed by atoms with van der Waals surface area (Å²) < 4.78 is 32.7. The van der Waals surface area contributed by atoms with E-state index >= 15 is 0 Å². The van der Waals surface area contributed by atoms with Crippen LogP contribution in [0.15, 0.2) is 47.4 Å². The third-order valence-electron chi connectivity index (χ3n) is 4.98. The molecule has 1 heterocycles. The minimum atomic E-state index is -3.93. The Morgan fingerprint density at radius 1 is 1.06 bits per heavy atom. The summed E-state index contributed by atoms with van der Waals surface area (Å²) in [5.41, 5.74) is 1.39. The summed E-state index contributed by atoms with van der Waals surface area (Å²) in [6.07, 6.45) is -0.366. The molecular weight excluding hydrogens is 422 g/mol. The van der Waals surface area contributed by atoms with E-state index in [1.807, 2.05) is 11.8 Å². The molecule has 3 rings (SSSR count). The number of amides is 1. The van der Waals surface area contributed by atoms with Crippen molar-refractivity contribution in [2.45, 2.75) is 18.7 Å². The van der Waals surface area contributed by atoms with Gasteiger partial charge in [0.05, 0.1) is 22.8 Å². The average Bonchev–Trinajstić information content (AvgIpc) is 2.74. The van der Waals surface area contributed by atoms with E-state index in [9.17, 15) is 23.1 Å². The van der Waals surface area contributed by atoms with Gasteiger partial charge in [-0.25, -0.2) is 18.0 Å². The van der Waals surface area contributed by atoms with E-state index in [1.54, 1.807) is 30.0 Å². The van der Waals surface area contributed by atoms with E-state index in [0.717, 1.165) is 5.56 Å². The number of carbonyl (C=O) groups excluding carboxylic acids is 1. The number of piperazine rings is 1. The lowest BCUT2D eigenvalue weighted by Gasteiger charge is -2.35. The molecule has 0 aliphatic carbocycles. The van der Waals surface area contributed by atoms with Crippen molar-refractivity contribution in [1.29, 1.82) is 0 Å². The highest BCUT2D eigenvalue weighted by Crippen LogP contribution is 2.27. The number of nitrogens with one attached hydrogen (secondary N) is 1. The number of hydrogen-bond donors (Lipinski definition) is 2. The monoisotopic (exact) mass is 447 g/mol. The first-order valence-electron chi connectivity index (χ1n) is 9.84. The van der Waals surface area contributed by atoms with Crippen molar-refractivity contribution in [2.75, 3.05) is 42.4 Å². The molecule has 0 atom stereocenters. The molecule has 10 heteroatoms. The first-order valence-corrected chi connectivity index (χ1v) is 11.3. The Bertz CT molecular complexity index is 1060. The number of carbonyl (C=O) groups is 2. The van der Waals surface area contributed by atoms with Crippen LogP contribution in [-0.4, -0.2) is 63.3 Å². The summed E-state index contributed by atoms with van der Waals surface area (Å²) in [4.78, 5) is 27.2. The molecule has 2 aromatic rings. The van der Waals surface area contributed by atoms with Gasteiger partial charge in [-0.2, -0.15) is 0 Å². The second kappa shape index (κ2) is 9.25. The normalized spacial score (nSPS) is 14.3. The molecule has 9 nitrogen and oxygen atoms in total. The smallest absolute Gasteiger partial charge is 0.409 e. The molecule has 166 valence electrons. The van der Waals surface area contributed by atoms with Crippen molar-refractivity contribution in [1.82, 2.24) is 4.90 Å². The lowest BCUT2D eigenvalue weighted by Crippen LogP contribution is -2.49. The number of aromatic carboxylic acids is 1. The number of carboxylic acid groups (broad SMARTS) is 1. The van der Waals surface area contributed by atoms with Crippen LogP contribution >= 0.6 is 0 Å². The van der Waals surface area contributed by atoms with Crippen molar-refractivity contribution in [2.24, 2.45) is 0 Å². The van der Waals surface area contributed by atoms with Crippen molar-refractivity contribution in [3.8, 4) is 0 Å². The number of anilines is 2. The van der Waals surface area contributed by atoms with Gasteiger partial charge in [0.1, 0.15) is 0 Å². The Kier molecular flexibility index (Phi) is 6.69.